The summed E-state index contributed by atoms with van der Waals surface area (Å²) in [7, 11) is 0. The average molecular weight is 401 g/mol. The van der Waals surface area contributed by atoms with E-state index in [-0.39, 0.29) is 18.3 Å². The number of aromatic nitrogens is 2. The summed E-state index contributed by atoms with van der Waals surface area (Å²) in [5.41, 5.74) is 5.02. The van der Waals surface area contributed by atoms with Crippen LogP contribution in [0.15, 0.2) is 47.1 Å². The molecule has 2 aromatic heterocycles. The van der Waals surface area contributed by atoms with Gasteiger partial charge in [-0.3, -0.25) is 9.89 Å². The Hall–Kier alpha value is -2.57. The van der Waals surface area contributed by atoms with Crippen molar-refractivity contribution in [1.29, 1.82) is 0 Å². The van der Waals surface area contributed by atoms with Gasteiger partial charge in [0.25, 0.3) is 5.91 Å². The van der Waals surface area contributed by atoms with Crippen molar-refractivity contribution < 1.29 is 9.21 Å². The maximum atomic E-state index is 13.3. The number of nitrogens with zero attached hydrogens (tertiary/aromatic N) is 2. The molecular formula is C21H25ClN4O2. The summed E-state index contributed by atoms with van der Waals surface area (Å²) >= 11 is 0. The molecule has 6 nitrogen and oxygen atoms in total. The zero-order chi connectivity index (χ0) is 18.6. The van der Waals surface area contributed by atoms with Crippen LogP contribution in [0, 0.1) is 6.92 Å². The van der Waals surface area contributed by atoms with E-state index < -0.39 is 0 Å². The highest BCUT2D eigenvalue weighted by Crippen LogP contribution is 2.19. The molecule has 0 fully saturated rings. The Bertz CT molecular complexity index is 903. The van der Waals surface area contributed by atoms with Crippen molar-refractivity contribution in [2.75, 3.05) is 13.1 Å². The molecule has 2 N–H and O–H groups in total. The van der Waals surface area contributed by atoms with Crippen LogP contribution in [-0.4, -0.2) is 34.1 Å². The van der Waals surface area contributed by atoms with Gasteiger partial charge in [-0.1, -0.05) is 29.8 Å². The number of furan rings is 1. The molecule has 1 aromatic carbocycles. The third-order valence-corrected chi connectivity index (χ3v) is 5.01. The quantitative estimate of drug-likeness (QED) is 0.666. The molecule has 3 heterocycles. The Balaban J connectivity index is 0.00000225. The van der Waals surface area contributed by atoms with Crippen molar-refractivity contribution in [2.24, 2.45) is 0 Å². The third kappa shape index (κ3) is 4.46. The van der Waals surface area contributed by atoms with Crippen LogP contribution < -0.4 is 5.32 Å². The summed E-state index contributed by atoms with van der Waals surface area (Å²) in [5, 5.41) is 10.7. The molecule has 148 valence electrons. The van der Waals surface area contributed by atoms with Crippen molar-refractivity contribution >= 4 is 18.3 Å². The summed E-state index contributed by atoms with van der Waals surface area (Å²) in [4.78, 5) is 15.1. The number of hydrogen-bond donors (Lipinski definition) is 2. The van der Waals surface area contributed by atoms with Crippen LogP contribution in [0.5, 0.6) is 0 Å². The van der Waals surface area contributed by atoms with Gasteiger partial charge in [-0.25, -0.2) is 0 Å². The Morgan fingerprint density at radius 2 is 2.07 bits per heavy atom. The second-order valence-corrected chi connectivity index (χ2v) is 7.00. The molecule has 0 spiro atoms. The topological polar surface area (TPSA) is 74.2 Å². The number of H-pyrrole nitrogens is 1. The van der Waals surface area contributed by atoms with Crippen molar-refractivity contribution in [3.8, 4) is 0 Å². The number of hydrogen-bond acceptors (Lipinski definition) is 4. The highest BCUT2D eigenvalue weighted by atomic mass is 35.5. The molecular weight excluding hydrogens is 376 g/mol. The van der Waals surface area contributed by atoms with Gasteiger partial charge in [0.05, 0.1) is 12.8 Å². The molecule has 1 amide bonds. The number of benzene rings is 1. The van der Waals surface area contributed by atoms with Crippen LogP contribution in [0.25, 0.3) is 0 Å². The van der Waals surface area contributed by atoms with E-state index in [4.69, 9.17) is 4.42 Å². The third-order valence-electron chi connectivity index (χ3n) is 5.01. The number of amides is 1. The molecule has 1 aliphatic rings. The second kappa shape index (κ2) is 9.08. The molecule has 0 unspecified atom stereocenters. The number of nitrogens with one attached hydrogen (secondary N) is 2. The maximum Gasteiger partial charge on any atom is 0.275 e. The fourth-order valence-corrected chi connectivity index (χ4v) is 3.41. The molecule has 0 atom stereocenters. The minimum atomic E-state index is -0.0558. The Morgan fingerprint density at radius 3 is 2.82 bits per heavy atom. The first kappa shape index (κ1) is 20.2. The highest BCUT2D eigenvalue weighted by molar-refractivity contribution is 5.94. The number of fused-ring (bicyclic) bond motifs is 1. The largest absolute Gasteiger partial charge is 0.467 e. The van der Waals surface area contributed by atoms with E-state index in [1.807, 2.05) is 17.0 Å². The zero-order valence-electron chi connectivity index (χ0n) is 15.9. The van der Waals surface area contributed by atoms with Gasteiger partial charge in [0.2, 0.25) is 0 Å². The lowest BCUT2D eigenvalue weighted by Gasteiger charge is -2.22. The van der Waals surface area contributed by atoms with Gasteiger partial charge in [-0.2, -0.15) is 5.10 Å². The number of rotatable bonds is 6. The molecule has 0 radical (unpaired) electrons. The van der Waals surface area contributed by atoms with Gasteiger partial charge in [0.1, 0.15) is 5.76 Å². The summed E-state index contributed by atoms with van der Waals surface area (Å²) < 4.78 is 5.48. The fraction of sp³-hybridized carbons (Fsp3) is 0.333. The standard InChI is InChI=1S/C21H24N4O2.ClH/c1-15-4-6-16(7-5-15)9-11-25(14-17-3-2-12-27-17)21(26)20-18-13-22-10-8-19(18)23-24-20;/h2-7,12,22H,8-11,13-14H2,1H3,(H,23,24);1H. The normalized spacial score (nSPS) is 12.9. The molecule has 28 heavy (non-hydrogen) atoms. The van der Waals surface area contributed by atoms with E-state index in [2.05, 4.69) is 46.7 Å². The highest BCUT2D eigenvalue weighted by Gasteiger charge is 2.26. The number of carbonyl (C=O) groups excluding carboxylic acids is 1. The molecule has 0 saturated heterocycles. The van der Waals surface area contributed by atoms with Crippen LogP contribution in [0.4, 0.5) is 0 Å². The van der Waals surface area contributed by atoms with Crippen molar-refractivity contribution in [3.05, 3.63) is 76.5 Å². The van der Waals surface area contributed by atoms with E-state index in [1.54, 1.807) is 6.26 Å². The van der Waals surface area contributed by atoms with E-state index in [9.17, 15) is 4.79 Å². The smallest absolute Gasteiger partial charge is 0.275 e. The monoisotopic (exact) mass is 400 g/mol. The fourth-order valence-electron chi connectivity index (χ4n) is 3.41. The molecule has 0 saturated carbocycles. The van der Waals surface area contributed by atoms with E-state index in [0.717, 1.165) is 36.4 Å². The Kier molecular flexibility index (Phi) is 6.54. The van der Waals surface area contributed by atoms with Crippen LogP contribution >= 0.6 is 12.4 Å². The number of aromatic amines is 1. The van der Waals surface area contributed by atoms with Gasteiger partial charge < -0.3 is 14.6 Å². The average Bonchev–Trinajstić information content (AvgIpc) is 3.35. The Morgan fingerprint density at radius 1 is 1.25 bits per heavy atom. The first-order valence-electron chi connectivity index (χ1n) is 9.35. The molecule has 1 aliphatic heterocycles. The van der Waals surface area contributed by atoms with Gasteiger partial charge >= 0.3 is 0 Å². The van der Waals surface area contributed by atoms with E-state index >= 15 is 0 Å². The molecule has 4 rings (SSSR count). The van der Waals surface area contributed by atoms with Crippen molar-refractivity contribution in [1.82, 2.24) is 20.4 Å². The first-order chi connectivity index (χ1) is 13.2. The first-order valence-corrected chi connectivity index (χ1v) is 9.35. The van der Waals surface area contributed by atoms with Crippen molar-refractivity contribution in [2.45, 2.75) is 32.9 Å². The number of aryl methyl sites for hydroxylation is 1. The SMILES string of the molecule is Cc1ccc(CCN(Cc2ccco2)C(=O)c2n[nH]c3c2CNCC3)cc1.Cl. The maximum absolute atomic E-state index is 13.3. The minimum absolute atomic E-state index is 0. The van der Waals surface area contributed by atoms with Crippen LogP contribution in [0.3, 0.4) is 0 Å². The lowest BCUT2D eigenvalue weighted by atomic mass is 10.1. The number of carbonyl (C=O) groups is 1. The lowest BCUT2D eigenvalue weighted by Crippen LogP contribution is -2.34. The second-order valence-electron chi connectivity index (χ2n) is 7.00. The molecule has 0 bridgehead atoms. The van der Waals surface area contributed by atoms with Crippen molar-refractivity contribution in [3.63, 3.8) is 0 Å². The van der Waals surface area contributed by atoms with Crippen LogP contribution in [0.1, 0.15) is 38.6 Å². The molecule has 7 heteroatoms. The van der Waals surface area contributed by atoms with Crippen LogP contribution in [0.2, 0.25) is 0 Å². The van der Waals surface area contributed by atoms with E-state index in [0.29, 0.717) is 25.3 Å². The molecule has 0 aliphatic carbocycles. The summed E-state index contributed by atoms with van der Waals surface area (Å²) in [6.07, 6.45) is 3.30. The summed E-state index contributed by atoms with van der Waals surface area (Å²) in [6, 6.07) is 12.2. The van der Waals surface area contributed by atoms with Crippen LogP contribution in [-0.2, 0) is 25.9 Å². The van der Waals surface area contributed by atoms with Gasteiger partial charge in [0, 0.05) is 37.3 Å². The summed E-state index contributed by atoms with van der Waals surface area (Å²) in [6.45, 7) is 4.71. The summed E-state index contributed by atoms with van der Waals surface area (Å²) in [5.74, 6) is 0.717. The van der Waals surface area contributed by atoms with Gasteiger partial charge in [-0.15, -0.1) is 12.4 Å². The van der Waals surface area contributed by atoms with E-state index in [1.165, 1.54) is 11.1 Å². The Labute approximate surface area is 170 Å². The predicted molar refractivity (Wildman–Crippen MR) is 110 cm³/mol. The zero-order valence-corrected chi connectivity index (χ0v) is 16.7. The lowest BCUT2D eigenvalue weighted by molar-refractivity contribution is 0.0726. The predicted octanol–water partition coefficient (Wildman–Crippen LogP) is 3.26. The van der Waals surface area contributed by atoms with Gasteiger partial charge in [0.15, 0.2) is 5.69 Å². The number of halogens is 1. The van der Waals surface area contributed by atoms with Gasteiger partial charge in [-0.05, 0) is 31.0 Å². The minimum Gasteiger partial charge on any atom is -0.467 e. The molecule has 3 aromatic rings.